The van der Waals surface area contributed by atoms with E-state index in [0.717, 1.165) is 73.4 Å². The molecule has 2 aliphatic heterocycles. The SMILES string of the molecule is CN1CCN(S(=O)(=O)c2ccc3c(c2)CN(CCCSc2nnc(-c4ccccc4)n2C)CC3)CC1. The van der Waals surface area contributed by atoms with Gasteiger partial charge in [0.1, 0.15) is 0 Å². The average molecular weight is 527 g/mol. The summed E-state index contributed by atoms with van der Waals surface area (Å²) in [6.07, 6.45) is 1.99. The van der Waals surface area contributed by atoms with Crippen LogP contribution >= 0.6 is 11.8 Å². The molecule has 3 aromatic rings. The molecule has 0 bridgehead atoms. The van der Waals surface area contributed by atoms with E-state index in [9.17, 15) is 8.42 Å². The van der Waals surface area contributed by atoms with Crippen molar-refractivity contribution >= 4 is 21.8 Å². The second kappa shape index (κ2) is 11.0. The zero-order valence-corrected chi connectivity index (χ0v) is 22.6. The lowest BCUT2D eigenvalue weighted by Gasteiger charge is -2.32. The number of likely N-dealkylation sites (N-methyl/N-ethyl adjacent to an activating group) is 1. The van der Waals surface area contributed by atoms with Gasteiger partial charge in [0.2, 0.25) is 10.0 Å². The Morgan fingerprint density at radius 1 is 0.917 bits per heavy atom. The van der Waals surface area contributed by atoms with Crippen LogP contribution in [0.5, 0.6) is 0 Å². The highest BCUT2D eigenvalue weighted by Gasteiger charge is 2.28. The molecule has 0 amide bonds. The normalized spacial score (nSPS) is 17.8. The fourth-order valence-corrected chi connectivity index (χ4v) is 7.16. The summed E-state index contributed by atoms with van der Waals surface area (Å²) in [6.45, 7) is 5.44. The molecular formula is C26H34N6O2S2. The third-order valence-corrected chi connectivity index (χ3v) is 10.1. The number of nitrogens with zero attached hydrogens (tertiary/aromatic N) is 6. The van der Waals surface area contributed by atoms with Crippen molar-refractivity contribution < 1.29 is 8.42 Å². The van der Waals surface area contributed by atoms with Gasteiger partial charge in [-0.2, -0.15) is 4.31 Å². The van der Waals surface area contributed by atoms with Crippen molar-refractivity contribution in [2.24, 2.45) is 7.05 Å². The smallest absolute Gasteiger partial charge is 0.243 e. The van der Waals surface area contributed by atoms with E-state index >= 15 is 0 Å². The number of piperazine rings is 1. The van der Waals surface area contributed by atoms with E-state index < -0.39 is 10.0 Å². The van der Waals surface area contributed by atoms with Crippen molar-refractivity contribution in [2.75, 3.05) is 52.1 Å². The maximum Gasteiger partial charge on any atom is 0.243 e. The van der Waals surface area contributed by atoms with Gasteiger partial charge in [-0.1, -0.05) is 48.2 Å². The molecule has 0 saturated carbocycles. The Morgan fingerprint density at radius 2 is 1.69 bits per heavy atom. The van der Waals surface area contributed by atoms with Gasteiger partial charge in [-0.25, -0.2) is 8.42 Å². The van der Waals surface area contributed by atoms with E-state index in [2.05, 4.69) is 36.7 Å². The lowest BCUT2D eigenvalue weighted by molar-refractivity contribution is 0.222. The molecule has 0 N–H and O–H groups in total. The van der Waals surface area contributed by atoms with E-state index in [-0.39, 0.29) is 0 Å². The number of benzene rings is 2. The number of hydrogen-bond donors (Lipinski definition) is 0. The molecule has 10 heteroatoms. The van der Waals surface area contributed by atoms with Crippen molar-refractivity contribution in [1.82, 2.24) is 28.9 Å². The van der Waals surface area contributed by atoms with Gasteiger partial charge >= 0.3 is 0 Å². The van der Waals surface area contributed by atoms with E-state index in [1.807, 2.05) is 44.4 Å². The first-order valence-corrected chi connectivity index (χ1v) is 14.9. The number of rotatable bonds is 8. The van der Waals surface area contributed by atoms with Crippen LogP contribution in [0.1, 0.15) is 17.5 Å². The number of thioether (sulfide) groups is 1. The summed E-state index contributed by atoms with van der Waals surface area (Å²) >= 11 is 1.73. The van der Waals surface area contributed by atoms with Crippen LogP contribution in [0.15, 0.2) is 58.6 Å². The van der Waals surface area contributed by atoms with Crippen LogP contribution < -0.4 is 0 Å². The highest BCUT2D eigenvalue weighted by Crippen LogP contribution is 2.26. The Morgan fingerprint density at radius 3 is 2.47 bits per heavy atom. The summed E-state index contributed by atoms with van der Waals surface area (Å²) < 4.78 is 30.1. The minimum atomic E-state index is -3.44. The van der Waals surface area contributed by atoms with Crippen LogP contribution in [0.4, 0.5) is 0 Å². The fourth-order valence-electron chi connectivity index (χ4n) is 4.85. The molecule has 192 valence electrons. The van der Waals surface area contributed by atoms with Gasteiger partial charge in [0, 0.05) is 57.6 Å². The third kappa shape index (κ3) is 5.52. The molecule has 0 spiro atoms. The summed E-state index contributed by atoms with van der Waals surface area (Å²) in [6, 6.07) is 15.9. The Hall–Kier alpha value is -2.24. The van der Waals surface area contributed by atoms with Crippen LogP contribution in [-0.4, -0.2) is 89.4 Å². The lowest BCUT2D eigenvalue weighted by atomic mass is 10.00. The second-order valence-corrected chi connectivity index (χ2v) is 12.6. The van der Waals surface area contributed by atoms with Crippen LogP contribution in [0.3, 0.4) is 0 Å². The molecule has 0 atom stereocenters. The standard InChI is InChI=1S/C26H34N6O2S2/c1-29-14-16-32(17-15-29)36(33,34)24-10-9-21-11-13-31(20-23(21)19-24)12-6-18-35-26-28-27-25(30(26)2)22-7-4-3-5-8-22/h3-5,7-10,19H,6,11-18,20H2,1-2H3. The first-order valence-electron chi connectivity index (χ1n) is 12.5. The van der Waals surface area contributed by atoms with Gasteiger partial charge in [0.15, 0.2) is 11.0 Å². The zero-order chi connectivity index (χ0) is 25.1. The van der Waals surface area contributed by atoms with Gasteiger partial charge < -0.3 is 9.47 Å². The zero-order valence-electron chi connectivity index (χ0n) is 21.0. The molecule has 36 heavy (non-hydrogen) atoms. The molecule has 0 aliphatic carbocycles. The molecule has 1 aromatic heterocycles. The highest BCUT2D eigenvalue weighted by molar-refractivity contribution is 7.99. The number of hydrogen-bond acceptors (Lipinski definition) is 7. The maximum absolute atomic E-state index is 13.2. The van der Waals surface area contributed by atoms with Crippen LogP contribution in [0.25, 0.3) is 11.4 Å². The van der Waals surface area contributed by atoms with Crippen molar-refractivity contribution in [3.05, 3.63) is 59.7 Å². The first kappa shape index (κ1) is 25.4. The molecule has 0 radical (unpaired) electrons. The number of sulfonamides is 1. The van der Waals surface area contributed by atoms with E-state index in [1.54, 1.807) is 22.1 Å². The summed E-state index contributed by atoms with van der Waals surface area (Å²) in [7, 11) is 0.606. The highest BCUT2D eigenvalue weighted by atomic mass is 32.2. The molecule has 0 unspecified atom stereocenters. The average Bonchev–Trinajstić information content (AvgIpc) is 3.27. The summed E-state index contributed by atoms with van der Waals surface area (Å²) in [5, 5.41) is 9.68. The predicted molar refractivity (Wildman–Crippen MR) is 143 cm³/mol. The second-order valence-electron chi connectivity index (χ2n) is 9.60. The minimum Gasteiger partial charge on any atom is -0.305 e. The van der Waals surface area contributed by atoms with Crippen LogP contribution in [0, 0.1) is 0 Å². The van der Waals surface area contributed by atoms with Gasteiger partial charge in [0.25, 0.3) is 0 Å². The topological polar surface area (TPSA) is 74.6 Å². The van der Waals surface area contributed by atoms with Gasteiger partial charge in [-0.05, 0) is 49.7 Å². The monoisotopic (exact) mass is 526 g/mol. The Balaban J connectivity index is 1.15. The molecular weight excluding hydrogens is 492 g/mol. The van der Waals surface area contributed by atoms with Crippen molar-refractivity contribution in [2.45, 2.75) is 29.4 Å². The minimum absolute atomic E-state index is 0.430. The Labute approximate surface area is 218 Å². The summed E-state index contributed by atoms with van der Waals surface area (Å²) in [5.41, 5.74) is 3.48. The van der Waals surface area contributed by atoms with E-state index in [1.165, 1.54) is 5.56 Å². The number of fused-ring (bicyclic) bond motifs is 1. The van der Waals surface area contributed by atoms with Crippen molar-refractivity contribution in [1.29, 1.82) is 0 Å². The molecule has 1 saturated heterocycles. The predicted octanol–water partition coefficient (Wildman–Crippen LogP) is 2.96. The van der Waals surface area contributed by atoms with Crippen molar-refractivity contribution in [3.63, 3.8) is 0 Å². The van der Waals surface area contributed by atoms with Crippen molar-refractivity contribution in [3.8, 4) is 11.4 Å². The van der Waals surface area contributed by atoms with Crippen LogP contribution in [0.2, 0.25) is 0 Å². The first-order chi connectivity index (χ1) is 17.4. The summed E-state index contributed by atoms with van der Waals surface area (Å²) in [4.78, 5) is 5.03. The Kier molecular flexibility index (Phi) is 7.78. The molecule has 1 fully saturated rings. The van der Waals surface area contributed by atoms with Gasteiger partial charge in [-0.15, -0.1) is 10.2 Å². The van der Waals surface area contributed by atoms with Gasteiger partial charge in [-0.3, -0.25) is 4.90 Å². The van der Waals surface area contributed by atoms with Crippen LogP contribution in [-0.2, 0) is 30.0 Å². The van der Waals surface area contributed by atoms with E-state index in [4.69, 9.17) is 0 Å². The third-order valence-electron chi connectivity index (χ3n) is 7.09. The Bertz CT molecular complexity index is 1290. The molecule has 3 heterocycles. The molecule has 2 aliphatic rings. The maximum atomic E-state index is 13.2. The van der Waals surface area contributed by atoms with Gasteiger partial charge in [0.05, 0.1) is 4.90 Å². The fraction of sp³-hybridized carbons (Fsp3) is 0.462. The summed E-state index contributed by atoms with van der Waals surface area (Å²) in [5.74, 6) is 1.84. The molecule has 5 rings (SSSR count). The molecule has 2 aromatic carbocycles. The largest absolute Gasteiger partial charge is 0.305 e. The number of aromatic nitrogens is 3. The lowest BCUT2D eigenvalue weighted by Crippen LogP contribution is -2.47. The van der Waals surface area contributed by atoms with E-state index in [0.29, 0.717) is 18.0 Å². The molecule has 8 nitrogen and oxygen atoms in total. The quantitative estimate of drug-likeness (QED) is 0.330.